The van der Waals surface area contributed by atoms with Gasteiger partial charge in [0.15, 0.2) is 5.11 Å². The van der Waals surface area contributed by atoms with Crippen LogP contribution >= 0.6 is 23.8 Å². The lowest BCUT2D eigenvalue weighted by Gasteiger charge is -2.10. The van der Waals surface area contributed by atoms with Crippen LogP contribution in [0.5, 0.6) is 0 Å². The summed E-state index contributed by atoms with van der Waals surface area (Å²) in [5, 5.41) is 6.34. The maximum absolute atomic E-state index is 13.0. The lowest BCUT2D eigenvalue weighted by atomic mass is 10.2. The van der Waals surface area contributed by atoms with Gasteiger partial charge in [0.25, 0.3) is 5.91 Å². The van der Waals surface area contributed by atoms with E-state index in [9.17, 15) is 9.18 Å². The van der Waals surface area contributed by atoms with Gasteiger partial charge >= 0.3 is 0 Å². The highest BCUT2D eigenvalue weighted by Gasteiger charge is 2.10. The van der Waals surface area contributed by atoms with Gasteiger partial charge in [-0.2, -0.15) is 0 Å². The SMILES string of the molecule is Cc1cc2[nH]c(-c3ccc(NC(=S)NC(=O)c4ccc(F)cc4)cc3)nc2cc1Cl. The molecule has 0 radical (unpaired) electrons. The average Bonchev–Trinajstić information content (AvgIpc) is 3.12. The minimum Gasteiger partial charge on any atom is -0.338 e. The molecule has 1 heterocycles. The maximum Gasteiger partial charge on any atom is 0.257 e. The lowest BCUT2D eigenvalue weighted by molar-refractivity contribution is 0.0977. The number of hydrogen-bond donors (Lipinski definition) is 3. The summed E-state index contributed by atoms with van der Waals surface area (Å²) in [6.07, 6.45) is 0. The number of halogens is 2. The Labute approximate surface area is 182 Å². The third kappa shape index (κ3) is 4.32. The van der Waals surface area contributed by atoms with Crippen LogP contribution in [-0.2, 0) is 0 Å². The van der Waals surface area contributed by atoms with E-state index in [1.165, 1.54) is 24.3 Å². The van der Waals surface area contributed by atoms with Gasteiger partial charge in [-0.25, -0.2) is 9.37 Å². The van der Waals surface area contributed by atoms with Crippen LogP contribution in [0.3, 0.4) is 0 Å². The van der Waals surface area contributed by atoms with Crippen molar-refractivity contribution in [3.8, 4) is 11.4 Å². The Hall–Kier alpha value is -3.29. The summed E-state index contributed by atoms with van der Waals surface area (Å²) < 4.78 is 13.0. The largest absolute Gasteiger partial charge is 0.338 e. The molecule has 0 saturated heterocycles. The first-order valence-electron chi connectivity index (χ1n) is 9.03. The molecule has 0 spiro atoms. The summed E-state index contributed by atoms with van der Waals surface area (Å²) in [5.41, 5.74) is 4.61. The molecule has 0 bridgehead atoms. The van der Waals surface area contributed by atoms with Crippen LogP contribution in [0.25, 0.3) is 22.4 Å². The quantitative estimate of drug-likeness (QED) is 0.371. The Morgan fingerprint density at radius 2 is 1.80 bits per heavy atom. The third-order valence-corrected chi connectivity index (χ3v) is 5.12. The van der Waals surface area contributed by atoms with Crippen molar-refractivity contribution in [3.05, 3.63) is 82.6 Å². The number of fused-ring (bicyclic) bond motifs is 1. The molecule has 0 aliphatic heterocycles. The smallest absolute Gasteiger partial charge is 0.257 e. The molecule has 150 valence electrons. The molecule has 5 nitrogen and oxygen atoms in total. The van der Waals surface area contributed by atoms with Crippen LogP contribution in [0.2, 0.25) is 5.02 Å². The standard InChI is InChI=1S/C22H16ClFN4OS/c1-12-10-18-19(11-17(12)23)27-20(26-18)13-4-8-16(9-5-13)25-22(30)28-21(29)14-2-6-15(24)7-3-14/h2-11H,1H3,(H,26,27)(H2,25,28,29,30). The molecule has 0 saturated carbocycles. The van der Waals surface area contributed by atoms with Gasteiger partial charge in [0.1, 0.15) is 11.6 Å². The van der Waals surface area contributed by atoms with E-state index in [1.807, 2.05) is 43.3 Å². The van der Waals surface area contributed by atoms with E-state index in [0.717, 1.165) is 28.0 Å². The molecule has 4 rings (SSSR count). The number of benzene rings is 3. The second-order valence-corrected chi connectivity index (χ2v) is 7.51. The van der Waals surface area contributed by atoms with Crippen LogP contribution < -0.4 is 10.6 Å². The highest BCUT2D eigenvalue weighted by molar-refractivity contribution is 7.80. The van der Waals surface area contributed by atoms with Gasteiger partial charge < -0.3 is 10.3 Å². The van der Waals surface area contributed by atoms with Crippen molar-refractivity contribution >= 4 is 51.6 Å². The molecule has 0 unspecified atom stereocenters. The van der Waals surface area contributed by atoms with Crippen molar-refractivity contribution in [2.45, 2.75) is 6.92 Å². The molecule has 0 fully saturated rings. The first-order chi connectivity index (χ1) is 14.4. The summed E-state index contributed by atoms with van der Waals surface area (Å²) in [5.74, 6) is -0.0965. The number of H-pyrrole nitrogens is 1. The molecule has 0 atom stereocenters. The number of anilines is 1. The van der Waals surface area contributed by atoms with E-state index in [-0.39, 0.29) is 5.11 Å². The Morgan fingerprint density at radius 3 is 2.50 bits per heavy atom. The Morgan fingerprint density at radius 1 is 1.10 bits per heavy atom. The molecule has 4 aromatic rings. The first-order valence-corrected chi connectivity index (χ1v) is 9.82. The van der Waals surface area contributed by atoms with Crippen molar-refractivity contribution < 1.29 is 9.18 Å². The number of aromatic amines is 1. The number of nitrogens with one attached hydrogen (secondary N) is 3. The minimum absolute atomic E-state index is 0.144. The van der Waals surface area contributed by atoms with Crippen LogP contribution in [0.4, 0.5) is 10.1 Å². The topological polar surface area (TPSA) is 69.8 Å². The number of carbonyl (C=O) groups is 1. The number of imidazole rings is 1. The van der Waals surface area contributed by atoms with Gasteiger partial charge in [-0.15, -0.1) is 0 Å². The molecule has 0 aliphatic rings. The summed E-state index contributed by atoms with van der Waals surface area (Å²) in [6.45, 7) is 1.94. The van der Waals surface area contributed by atoms with E-state index in [0.29, 0.717) is 16.3 Å². The van der Waals surface area contributed by atoms with E-state index >= 15 is 0 Å². The van der Waals surface area contributed by atoms with Gasteiger partial charge in [-0.3, -0.25) is 10.1 Å². The van der Waals surface area contributed by atoms with E-state index < -0.39 is 11.7 Å². The number of nitrogens with zero attached hydrogens (tertiary/aromatic N) is 1. The summed E-state index contributed by atoms with van der Waals surface area (Å²) in [4.78, 5) is 20.0. The van der Waals surface area contributed by atoms with Crippen LogP contribution in [0.15, 0.2) is 60.7 Å². The predicted octanol–water partition coefficient (Wildman–Crippen LogP) is 5.46. The molecular weight excluding hydrogens is 423 g/mol. The normalized spacial score (nSPS) is 10.8. The molecule has 3 aromatic carbocycles. The Kier molecular flexibility index (Phi) is 5.48. The van der Waals surface area contributed by atoms with Crippen molar-refractivity contribution in [1.29, 1.82) is 0 Å². The number of aryl methyl sites for hydroxylation is 1. The predicted molar refractivity (Wildman–Crippen MR) is 121 cm³/mol. The number of rotatable bonds is 3. The summed E-state index contributed by atoms with van der Waals surface area (Å²) in [7, 11) is 0. The number of amides is 1. The molecule has 30 heavy (non-hydrogen) atoms. The van der Waals surface area contributed by atoms with Crippen LogP contribution in [-0.4, -0.2) is 21.0 Å². The fourth-order valence-electron chi connectivity index (χ4n) is 2.93. The fraction of sp³-hybridized carbons (Fsp3) is 0.0455. The van der Waals surface area contributed by atoms with E-state index in [2.05, 4.69) is 20.6 Å². The van der Waals surface area contributed by atoms with Gasteiger partial charge in [0.05, 0.1) is 11.0 Å². The third-order valence-electron chi connectivity index (χ3n) is 4.51. The lowest BCUT2D eigenvalue weighted by Crippen LogP contribution is -2.34. The van der Waals surface area contributed by atoms with Crippen LogP contribution in [0, 0.1) is 12.7 Å². The number of hydrogen-bond acceptors (Lipinski definition) is 3. The Bertz CT molecular complexity index is 1210. The zero-order valence-corrected chi connectivity index (χ0v) is 17.4. The van der Waals surface area contributed by atoms with Crippen LogP contribution in [0.1, 0.15) is 15.9 Å². The zero-order valence-electron chi connectivity index (χ0n) is 15.8. The molecular formula is C22H16ClFN4OS. The second-order valence-electron chi connectivity index (χ2n) is 6.70. The molecule has 0 aliphatic carbocycles. The number of carbonyl (C=O) groups excluding carboxylic acids is 1. The van der Waals surface area contributed by atoms with Gasteiger partial charge in [0.2, 0.25) is 0 Å². The minimum atomic E-state index is -0.416. The number of aromatic nitrogens is 2. The van der Waals surface area contributed by atoms with Crippen molar-refractivity contribution in [2.75, 3.05) is 5.32 Å². The second kappa shape index (κ2) is 8.22. The highest BCUT2D eigenvalue weighted by atomic mass is 35.5. The van der Waals surface area contributed by atoms with Gasteiger partial charge in [-0.1, -0.05) is 11.6 Å². The van der Waals surface area contributed by atoms with Crippen molar-refractivity contribution in [3.63, 3.8) is 0 Å². The van der Waals surface area contributed by atoms with E-state index in [4.69, 9.17) is 23.8 Å². The molecule has 3 N–H and O–H groups in total. The number of thiocarbonyl (C=S) groups is 1. The monoisotopic (exact) mass is 438 g/mol. The summed E-state index contributed by atoms with van der Waals surface area (Å²) >= 11 is 11.4. The first kappa shape index (κ1) is 20.0. The maximum atomic E-state index is 13.0. The molecule has 8 heteroatoms. The van der Waals surface area contributed by atoms with Crippen molar-refractivity contribution in [2.24, 2.45) is 0 Å². The Balaban J connectivity index is 1.44. The van der Waals surface area contributed by atoms with Crippen molar-refractivity contribution in [1.82, 2.24) is 15.3 Å². The molecule has 1 amide bonds. The highest BCUT2D eigenvalue weighted by Crippen LogP contribution is 2.26. The van der Waals surface area contributed by atoms with E-state index in [1.54, 1.807) is 0 Å². The fourth-order valence-corrected chi connectivity index (χ4v) is 3.30. The zero-order chi connectivity index (χ0) is 21.3. The average molecular weight is 439 g/mol. The molecule has 1 aromatic heterocycles. The van der Waals surface area contributed by atoms with Gasteiger partial charge in [-0.05, 0) is 85.4 Å². The van der Waals surface area contributed by atoms with Gasteiger partial charge in [0, 0.05) is 21.8 Å². The summed E-state index contributed by atoms with van der Waals surface area (Å²) in [6, 6.07) is 16.5.